The first-order chi connectivity index (χ1) is 6.86. The van der Waals surface area contributed by atoms with E-state index in [0.29, 0.717) is 5.88 Å². The van der Waals surface area contributed by atoms with E-state index in [2.05, 4.69) is 30.1 Å². The Hall–Kier alpha value is -1.08. The van der Waals surface area contributed by atoms with E-state index in [9.17, 15) is 0 Å². The van der Waals surface area contributed by atoms with E-state index in [0.717, 1.165) is 12.1 Å². The van der Waals surface area contributed by atoms with Crippen LogP contribution in [0.15, 0.2) is 30.5 Å². The summed E-state index contributed by atoms with van der Waals surface area (Å²) in [5.41, 5.74) is 2.28. The molecule has 1 aromatic heterocycles. The van der Waals surface area contributed by atoms with Gasteiger partial charge in [0.25, 0.3) is 0 Å². The number of halogens is 1. The second-order valence-corrected chi connectivity index (χ2v) is 3.53. The van der Waals surface area contributed by atoms with E-state index in [1.807, 2.05) is 12.3 Å². The number of hydrogen-bond donors (Lipinski definition) is 0. The number of nitrogens with zero attached hydrogens (tertiary/aromatic N) is 1. The van der Waals surface area contributed by atoms with E-state index < -0.39 is 0 Å². The predicted molar refractivity (Wildman–Crippen MR) is 60.7 cm³/mol. The average molecular weight is 206 g/mol. The molecular weight excluding hydrogens is 194 g/mol. The highest BCUT2D eigenvalue weighted by atomic mass is 35.5. The fourth-order valence-corrected chi connectivity index (χ4v) is 2.01. The van der Waals surface area contributed by atoms with E-state index in [1.165, 1.54) is 16.3 Å². The first-order valence-electron chi connectivity index (χ1n) is 4.78. The van der Waals surface area contributed by atoms with E-state index in [4.69, 9.17) is 11.6 Å². The molecule has 1 aromatic carbocycles. The number of fused-ring (bicyclic) bond motifs is 1. The van der Waals surface area contributed by atoms with E-state index in [1.54, 1.807) is 0 Å². The Kier molecular flexibility index (Phi) is 2.69. The zero-order chi connectivity index (χ0) is 9.97. The molecule has 1 nitrogen and oxygen atoms in total. The summed E-state index contributed by atoms with van der Waals surface area (Å²) in [4.78, 5) is 4.36. The summed E-state index contributed by atoms with van der Waals surface area (Å²) in [7, 11) is 0. The second-order valence-electron chi connectivity index (χ2n) is 3.26. The minimum Gasteiger partial charge on any atom is -0.259 e. The van der Waals surface area contributed by atoms with Gasteiger partial charge in [-0.1, -0.05) is 31.2 Å². The normalized spacial score (nSPS) is 10.7. The maximum absolute atomic E-state index is 5.85. The molecule has 0 radical (unpaired) electrons. The molecule has 0 unspecified atom stereocenters. The molecule has 14 heavy (non-hydrogen) atoms. The van der Waals surface area contributed by atoms with Crippen LogP contribution in [0.2, 0.25) is 0 Å². The summed E-state index contributed by atoms with van der Waals surface area (Å²) in [6.45, 7) is 2.14. The van der Waals surface area contributed by atoms with Crippen molar-refractivity contribution >= 4 is 22.4 Å². The Bertz CT molecular complexity index is 451. The maximum Gasteiger partial charge on any atom is 0.0650 e. The van der Waals surface area contributed by atoms with Crippen molar-refractivity contribution in [2.75, 3.05) is 0 Å². The summed E-state index contributed by atoms with van der Waals surface area (Å²) in [5.74, 6) is 0.494. The van der Waals surface area contributed by atoms with Crippen molar-refractivity contribution in [3.05, 3.63) is 41.7 Å². The van der Waals surface area contributed by atoms with Crippen LogP contribution in [0.25, 0.3) is 10.8 Å². The van der Waals surface area contributed by atoms with Crippen LogP contribution in [-0.4, -0.2) is 4.98 Å². The molecule has 0 saturated heterocycles. The Morgan fingerprint density at radius 3 is 2.79 bits per heavy atom. The van der Waals surface area contributed by atoms with Gasteiger partial charge in [-0.2, -0.15) is 0 Å². The van der Waals surface area contributed by atoms with Crippen LogP contribution in [0.5, 0.6) is 0 Å². The van der Waals surface area contributed by atoms with Crippen molar-refractivity contribution in [2.45, 2.75) is 19.2 Å². The lowest BCUT2D eigenvalue weighted by Crippen LogP contribution is -1.95. The molecule has 0 spiro atoms. The van der Waals surface area contributed by atoms with Crippen LogP contribution in [0.3, 0.4) is 0 Å². The Morgan fingerprint density at radius 1 is 1.29 bits per heavy atom. The van der Waals surface area contributed by atoms with Gasteiger partial charge in [0.2, 0.25) is 0 Å². The molecule has 0 aliphatic rings. The highest BCUT2D eigenvalue weighted by molar-refractivity contribution is 6.17. The first-order valence-corrected chi connectivity index (χ1v) is 5.31. The van der Waals surface area contributed by atoms with Gasteiger partial charge in [-0.15, -0.1) is 11.6 Å². The monoisotopic (exact) mass is 205 g/mol. The third kappa shape index (κ3) is 1.48. The molecule has 0 N–H and O–H groups in total. The highest BCUT2D eigenvalue weighted by Gasteiger charge is 2.05. The van der Waals surface area contributed by atoms with Crippen LogP contribution in [0, 0.1) is 0 Å². The third-order valence-corrected chi connectivity index (χ3v) is 2.73. The van der Waals surface area contributed by atoms with Gasteiger partial charge in [-0.25, -0.2) is 0 Å². The lowest BCUT2D eigenvalue weighted by molar-refractivity contribution is 1.06. The zero-order valence-corrected chi connectivity index (χ0v) is 8.88. The van der Waals surface area contributed by atoms with Crippen LogP contribution in [0.4, 0.5) is 0 Å². The lowest BCUT2D eigenvalue weighted by atomic mass is 10.0. The van der Waals surface area contributed by atoms with Gasteiger partial charge in [0, 0.05) is 11.6 Å². The van der Waals surface area contributed by atoms with Gasteiger partial charge >= 0.3 is 0 Å². The van der Waals surface area contributed by atoms with Crippen LogP contribution >= 0.6 is 11.6 Å². The van der Waals surface area contributed by atoms with Crippen molar-refractivity contribution in [3.63, 3.8) is 0 Å². The van der Waals surface area contributed by atoms with Crippen LogP contribution < -0.4 is 0 Å². The number of benzene rings is 1. The number of rotatable bonds is 2. The van der Waals surface area contributed by atoms with Gasteiger partial charge in [0.05, 0.1) is 11.6 Å². The molecule has 1 heterocycles. The third-order valence-electron chi connectivity index (χ3n) is 2.47. The molecule has 72 valence electrons. The largest absolute Gasteiger partial charge is 0.259 e. The zero-order valence-electron chi connectivity index (χ0n) is 8.13. The Morgan fingerprint density at radius 2 is 2.07 bits per heavy atom. The fraction of sp³-hybridized carbons (Fsp3) is 0.250. The molecule has 0 aliphatic heterocycles. The number of aromatic nitrogens is 1. The quantitative estimate of drug-likeness (QED) is 0.684. The molecule has 0 amide bonds. The molecule has 2 aromatic rings. The Labute approximate surface area is 88.7 Å². The lowest BCUT2D eigenvalue weighted by Gasteiger charge is -2.07. The molecular formula is C12H12ClN. The minimum atomic E-state index is 0.494. The van der Waals surface area contributed by atoms with E-state index >= 15 is 0 Å². The maximum atomic E-state index is 5.85. The fourth-order valence-electron chi connectivity index (χ4n) is 1.77. The van der Waals surface area contributed by atoms with Crippen molar-refractivity contribution in [1.82, 2.24) is 4.98 Å². The topological polar surface area (TPSA) is 12.9 Å². The minimum absolute atomic E-state index is 0.494. The van der Waals surface area contributed by atoms with Gasteiger partial charge in [-0.3, -0.25) is 4.98 Å². The van der Waals surface area contributed by atoms with Crippen LogP contribution in [-0.2, 0) is 12.3 Å². The number of pyridine rings is 1. The van der Waals surface area contributed by atoms with Crippen molar-refractivity contribution < 1.29 is 0 Å². The molecule has 0 bridgehead atoms. The smallest absolute Gasteiger partial charge is 0.0650 e. The summed E-state index contributed by atoms with van der Waals surface area (Å²) in [6, 6.07) is 8.30. The first kappa shape index (κ1) is 9.47. The van der Waals surface area contributed by atoms with Crippen LogP contribution in [0.1, 0.15) is 18.2 Å². The van der Waals surface area contributed by atoms with Crippen molar-refractivity contribution in [1.29, 1.82) is 0 Å². The summed E-state index contributed by atoms with van der Waals surface area (Å²) in [5, 5.41) is 2.47. The summed E-state index contributed by atoms with van der Waals surface area (Å²) < 4.78 is 0. The van der Waals surface area contributed by atoms with Crippen molar-refractivity contribution in [3.8, 4) is 0 Å². The van der Waals surface area contributed by atoms with E-state index in [-0.39, 0.29) is 0 Å². The summed E-state index contributed by atoms with van der Waals surface area (Å²) >= 11 is 5.85. The van der Waals surface area contributed by atoms with Gasteiger partial charge in [0.1, 0.15) is 0 Å². The Balaban J connectivity index is 2.77. The molecule has 2 rings (SSSR count). The van der Waals surface area contributed by atoms with Gasteiger partial charge in [0.15, 0.2) is 0 Å². The molecule has 0 fully saturated rings. The number of aryl methyl sites for hydroxylation is 1. The molecule has 2 heteroatoms. The average Bonchev–Trinajstić information content (AvgIpc) is 2.27. The number of alkyl halides is 1. The molecule has 0 saturated carbocycles. The highest BCUT2D eigenvalue weighted by Crippen LogP contribution is 2.21. The van der Waals surface area contributed by atoms with Gasteiger partial charge in [-0.05, 0) is 17.4 Å². The summed E-state index contributed by atoms with van der Waals surface area (Å²) in [6.07, 6.45) is 2.88. The second kappa shape index (κ2) is 3.97. The van der Waals surface area contributed by atoms with Gasteiger partial charge < -0.3 is 0 Å². The predicted octanol–water partition coefficient (Wildman–Crippen LogP) is 3.54. The van der Waals surface area contributed by atoms with Crippen molar-refractivity contribution in [2.24, 2.45) is 0 Å². The standard InChI is InChI=1S/C12H12ClN/c1-2-10-11-6-4-3-5-9(11)8-14-12(10)7-13/h3-6,8H,2,7H2,1H3. The SMILES string of the molecule is CCc1c(CCl)ncc2ccccc12. The molecule has 0 atom stereocenters. The number of hydrogen-bond acceptors (Lipinski definition) is 1. The molecule has 0 aliphatic carbocycles.